The Morgan fingerprint density at radius 1 is 1.17 bits per heavy atom. The van der Waals surface area contributed by atoms with Crippen molar-refractivity contribution in [1.29, 1.82) is 0 Å². The molecule has 0 saturated carbocycles. The van der Waals surface area contributed by atoms with Crippen molar-refractivity contribution >= 4 is 17.2 Å². The van der Waals surface area contributed by atoms with Crippen LogP contribution in [0.3, 0.4) is 0 Å². The third-order valence-corrected chi connectivity index (χ3v) is 5.01. The Labute approximate surface area is 142 Å². The first-order valence-corrected chi connectivity index (χ1v) is 8.25. The highest BCUT2D eigenvalue weighted by molar-refractivity contribution is 7.13. The minimum absolute atomic E-state index is 0.334. The molecule has 3 nitrogen and oxygen atoms in total. The van der Waals surface area contributed by atoms with Gasteiger partial charge in [-0.1, -0.05) is 12.1 Å². The number of thiophene rings is 1. The number of carbonyl (C=O) groups excluding carboxylic acids is 1. The lowest BCUT2D eigenvalue weighted by Gasteiger charge is -2.10. The van der Waals surface area contributed by atoms with E-state index in [1.807, 2.05) is 35.9 Å². The highest BCUT2D eigenvalue weighted by Gasteiger charge is 2.23. The summed E-state index contributed by atoms with van der Waals surface area (Å²) in [6, 6.07) is 7.65. The van der Waals surface area contributed by atoms with Crippen LogP contribution in [0.5, 0.6) is 0 Å². The number of rotatable bonds is 4. The molecule has 124 valence electrons. The Balaban J connectivity index is 2.13. The number of carbonyl (C=O) groups is 1. The number of hydrogen-bond acceptors (Lipinski definition) is 2. The summed E-state index contributed by atoms with van der Waals surface area (Å²) in [5.41, 5.74) is 9.06. The van der Waals surface area contributed by atoms with E-state index in [9.17, 15) is 13.6 Å². The number of benzene rings is 1. The third-order valence-electron chi connectivity index (χ3n) is 4.12. The van der Waals surface area contributed by atoms with Gasteiger partial charge in [-0.15, -0.1) is 11.3 Å². The number of amides is 1. The fourth-order valence-electron chi connectivity index (χ4n) is 2.96. The standard InChI is InChI=1S/C18H16F2N2OS/c1-10-16(15-4-3-7-24-15)17(18(21)23)11(2)22(10)9-12-5-6-13(19)14(20)8-12/h3-8H,9H2,1-2H3,(H2,21,23). The Morgan fingerprint density at radius 2 is 1.92 bits per heavy atom. The van der Waals surface area contributed by atoms with E-state index in [1.54, 1.807) is 0 Å². The molecule has 0 fully saturated rings. The SMILES string of the molecule is Cc1c(C(N)=O)c(-c2cccs2)c(C)n1Cc1ccc(F)c(F)c1. The Kier molecular flexibility index (Phi) is 4.24. The van der Waals surface area contributed by atoms with Crippen LogP contribution < -0.4 is 5.73 Å². The molecule has 0 spiro atoms. The smallest absolute Gasteiger partial charge is 0.251 e. The lowest BCUT2D eigenvalue weighted by Crippen LogP contribution is -2.13. The lowest BCUT2D eigenvalue weighted by molar-refractivity contribution is 0.1000. The molecule has 0 radical (unpaired) electrons. The quantitative estimate of drug-likeness (QED) is 0.754. The largest absolute Gasteiger partial charge is 0.366 e. The number of hydrogen-bond donors (Lipinski definition) is 1. The van der Waals surface area contributed by atoms with Gasteiger partial charge in [-0.25, -0.2) is 8.78 Å². The molecule has 2 aromatic heterocycles. The fraction of sp³-hybridized carbons (Fsp3) is 0.167. The van der Waals surface area contributed by atoms with Crippen molar-refractivity contribution in [2.24, 2.45) is 5.73 Å². The van der Waals surface area contributed by atoms with Gasteiger partial charge in [-0.05, 0) is 43.0 Å². The van der Waals surface area contributed by atoms with Crippen LogP contribution in [-0.4, -0.2) is 10.5 Å². The summed E-state index contributed by atoms with van der Waals surface area (Å²) in [6.07, 6.45) is 0. The summed E-state index contributed by atoms with van der Waals surface area (Å²) in [7, 11) is 0. The van der Waals surface area contributed by atoms with E-state index in [0.717, 1.165) is 22.2 Å². The number of aromatic nitrogens is 1. The average Bonchev–Trinajstić information content (AvgIpc) is 3.12. The van der Waals surface area contributed by atoms with E-state index >= 15 is 0 Å². The van der Waals surface area contributed by atoms with Crippen LogP contribution in [-0.2, 0) is 6.54 Å². The number of primary amides is 1. The van der Waals surface area contributed by atoms with Gasteiger partial charge < -0.3 is 10.3 Å². The third kappa shape index (κ3) is 2.73. The summed E-state index contributed by atoms with van der Waals surface area (Å²) in [5.74, 6) is -2.26. The van der Waals surface area contributed by atoms with Crippen molar-refractivity contribution in [2.75, 3.05) is 0 Å². The van der Waals surface area contributed by atoms with Gasteiger partial charge in [0.2, 0.25) is 0 Å². The van der Waals surface area contributed by atoms with Gasteiger partial charge in [0.05, 0.1) is 5.56 Å². The maximum Gasteiger partial charge on any atom is 0.251 e. The molecule has 0 unspecified atom stereocenters. The second-order valence-corrected chi connectivity index (χ2v) is 6.54. The van der Waals surface area contributed by atoms with Crippen molar-refractivity contribution in [3.63, 3.8) is 0 Å². The molecular formula is C18H16F2N2OS. The van der Waals surface area contributed by atoms with Gasteiger partial charge in [0.15, 0.2) is 11.6 Å². The fourth-order valence-corrected chi connectivity index (χ4v) is 3.79. The van der Waals surface area contributed by atoms with E-state index in [0.29, 0.717) is 23.4 Å². The molecule has 0 aliphatic heterocycles. The van der Waals surface area contributed by atoms with Gasteiger partial charge in [0, 0.05) is 28.4 Å². The minimum Gasteiger partial charge on any atom is -0.366 e. The van der Waals surface area contributed by atoms with Crippen LogP contribution >= 0.6 is 11.3 Å². The molecule has 0 bridgehead atoms. The minimum atomic E-state index is -0.886. The predicted molar refractivity (Wildman–Crippen MR) is 91.2 cm³/mol. The normalized spacial score (nSPS) is 11.0. The van der Waals surface area contributed by atoms with Crippen LogP contribution in [0.2, 0.25) is 0 Å². The van der Waals surface area contributed by atoms with Gasteiger partial charge in [-0.2, -0.15) is 0 Å². The molecule has 2 N–H and O–H groups in total. The summed E-state index contributed by atoms with van der Waals surface area (Å²) < 4.78 is 28.5. The topological polar surface area (TPSA) is 48.0 Å². The van der Waals surface area contributed by atoms with Gasteiger partial charge in [0.25, 0.3) is 5.91 Å². The molecule has 6 heteroatoms. The Bertz CT molecular complexity index is 914. The molecule has 0 aliphatic rings. The average molecular weight is 346 g/mol. The number of nitrogens with zero attached hydrogens (tertiary/aromatic N) is 1. The second-order valence-electron chi connectivity index (χ2n) is 5.60. The molecular weight excluding hydrogens is 330 g/mol. The molecule has 0 atom stereocenters. The summed E-state index contributed by atoms with van der Waals surface area (Å²) in [5, 5.41) is 1.93. The summed E-state index contributed by atoms with van der Waals surface area (Å²) >= 11 is 1.52. The van der Waals surface area contributed by atoms with E-state index < -0.39 is 17.5 Å². The second kappa shape index (κ2) is 6.20. The van der Waals surface area contributed by atoms with Gasteiger partial charge >= 0.3 is 0 Å². The highest BCUT2D eigenvalue weighted by atomic mass is 32.1. The zero-order chi connectivity index (χ0) is 17.4. The summed E-state index contributed by atoms with van der Waals surface area (Å²) in [4.78, 5) is 12.9. The van der Waals surface area contributed by atoms with Crippen LogP contribution in [0.15, 0.2) is 35.7 Å². The first-order valence-electron chi connectivity index (χ1n) is 7.37. The van der Waals surface area contributed by atoms with Crippen LogP contribution in [0, 0.1) is 25.5 Å². The maximum absolute atomic E-state index is 13.5. The molecule has 1 aromatic carbocycles. The molecule has 1 amide bonds. The van der Waals surface area contributed by atoms with Crippen molar-refractivity contribution in [1.82, 2.24) is 4.57 Å². The first-order chi connectivity index (χ1) is 11.4. The van der Waals surface area contributed by atoms with E-state index in [1.165, 1.54) is 23.5 Å². The molecule has 0 saturated heterocycles. The molecule has 3 aromatic rings. The van der Waals surface area contributed by atoms with Crippen molar-refractivity contribution in [3.05, 3.63) is 69.9 Å². The number of halogens is 2. The van der Waals surface area contributed by atoms with Crippen LogP contribution in [0.4, 0.5) is 8.78 Å². The predicted octanol–water partition coefficient (Wildman–Crippen LogP) is 4.26. The summed E-state index contributed by atoms with van der Waals surface area (Å²) in [6.45, 7) is 4.04. The molecule has 2 heterocycles. The Morgan fingerprint density at radius 3 is 2.50 bits per heavy atom. The van der Waals surface area contributed by atoms with E-state index in [4.69, 9.17) is 5.73 Å². The van der Waals surface area contributed by atoms with Crippen molar-refractivity contribution in [3.8, 4) is 10.4 Å². The lowest BCUT2D eigenvalue weighted by atomic mass is 10.1. The highest BCUT2D eigenvalue weighted by Crippen LogP contribution is 2.35. The van der Waals surface area contributed by atoms with Gasteiger partial charge in [0.1, 0.15) is 0 Å². The monoisotopic (exact) mass is 346 g/mol. The zero-order valence-corrected chi connectivity index (χ0v) is 14.1. The van der Waals surface area contributed by atoms with Crippen LogP contribution in [0.1, 0.15) is 27.3 Å². The molecule has 0 aliphatic carbocycles. The zero-order valence-electron chi connectivity index (χ0n) is 13.3. The van der Waals surface area contributed by atoms with E-state index in [2.05, 4.69) is 0 Å². The Hall–Kier alpha value is -2.47. The first kappa shape index (κ1) is 16.4. The maximum atomic E-state index is 13.5. The molecule has 3 rings (SSSR count). The van der Waals surface area contributed by atoms with Crippen molar-refractivity contribution in [2.45, 2.75) is 20.4 Å². The van der Waals surface area contributed by atoms with E-state index in [-0.39, 0.29) is 0 Å². The van der Waals surface area contributed by atoms with Gasteiger partial charge in [-0.3, -0.25) is 4.79 Å². The molecule has 24 heavy (non-hydrogen) atoms. The van der Waals surface area contributed by atoms with Crippen LogP contribution in [0.25, 0.3) is 10.4 Å². The van der Waals surface area contributed by atoms with Crippen molar-refractivity contribution < 1.29 is 13.6 Å². The number of nitrogens with two attached hydrogens (primary N) is 1.